The minimum atomic E-state index is -4.68. The molecule has 2 aromatic carbocycles. The van der Waals surface area contributed by atoms with Crippen LogP contribution in [-0.2, 0) is 23.8 Å². The number of benzene rings is 2. The van der Waals surface area contributed by atoms with Gasteiger partial charge in [-0.2, -0.15) is 13.2 Å². The van der Waals surface area contributed by atoms with Crippen molar-refractivity contribution >= 4 is 45.3 Å². The van der Waals surface area contributed by atoms with Gasteiger partial charge in [0.25, 0.3) is 0 Å². The second-order valence-electron chi connectivity index (χ2n) is 13.7. The topological polar surface area (TPSA) is 123 Å². The summed E-state index contributed by atoms with van der Waals surface area (Å²) in [6.45, 7) is 4.43. The number of nitrogen functional groups attached to an aromatic ring is 1. The molecule has 0 unspecified atom stereocenters. The van der Waals surface area contributed by atoms with E-state index >= 15 is 0 Å². The number of halogens is 4. The molecule has 0 aliphatic carbocycles. The number of hydrogen-bond donors (Lipinski definition) is 4. The van der Waals surface area contributed by atoms with Gasteiger partial charge >= 0.3 is 18.2 Å². The number of anilines is 2. The van der Waals surface area contributed by atoms with E-state index in [1.165, 1.54) is 6.07 Å². The van der Waals surface area contributed by atoms with E-state index in [1.807, 2.05) is 29.2 Å². The smallest absolute Gasteiger partial charge is 0.397 e. The van der Waals surface area contributed by atoms with Crippen molar-refractivity contribution in [2.24, 2.45) is 11.8 Å². The Morgan fingerprint density at radius 1 is 0.939 bits per heavy atom. The summed E-state index contributed by atoms with van der Waals surface area (Å²) in [7, 11) is 0. The molecule has 266 valence electrons. The average molecular weight is 749 g/mol. The normalized spacial score (nSPS) is 20.7. The summed E-state index contributed by atoms with van der Waals surface area (Å²) in [5, 5.41) is 9.30. The van der Waals surface area contributed by atoms with Gasteiger partial charge in [0, 0.05) is 55.3 Å². The SMILES string of the molecule is Nc1c(Br)cc(C[C@@H](NC(=O)N2CCC(N3CCc4ccccc4NC3=O)CC2)C(=O)N2CCC(C3CCNCC3)CC2)cc1C(F)(F)F. The van der Waals surface area contributed by atoms with Crippen molar-refractivity contribution in [2.45, 2.75) is 69.6 Å². The van der Waals surface area contributed by atoms with Gasteiger partial charge in [-0.3, -0.25) is 4.79 Å². The highest BCUT2D eigenvalue weighted by Crippen LogP contribution is 2.38. The third-order valence-corrected chi connectivity index (χ3v) is 11.4. The molecular weight excluding hydrogens is 703 g/mol. The predicted molar refractivity (Wildman–Crippen MR) is 185 cm³/mol. The fourth-order valence-corrected chi connectivity index (χ4v) is 8.46. The molecule has 49 heavy (non-hydrogen) atoms. The first-order valence-corrected chi connectivity index (χ1v) is 18.1. The van der Waals surface area contributed by atoms with Crippen LogP contribution in [0.3, 0.4) is 0 Å². The zero-order valence-corrected chi connectivity index (χ0v) is 29.1. The Labute approximate surface area is 293 Å². The molecule has 14 heteroatoms. The van der Waals surface area contributed by atoms with Gasteiger partial charge in [-0.05, 0) is 115 Å². The Hall–Kier alpha value is -3.52. The molecule has 2 aromatic rings. The van der Waals surface area contributed by atoms with Crippen LogP contribution in [0.4, 0.5) is 34.1 Å². The molecule has 5 amide bonds. The first kappa shape index (κ1) is 35.3. The second kappa shape index (κ2) is 15.2. The minimum Gasteiger partial charge on any atom is -0.397 e. The molecule has 4 heterocycles. The molecule has 3 saturated heterocycles. The highest BCUT2D eigenvalue weighted by atomic mass is 79.9. The van der Waals surface area contributed by atoms with Crippen LogP contribution in [0, 0.1) is 11.8 Å². The van der Waals surface area contributed by atoms with Gasteiger partial charge in [0.15, 0.2) is 0 Å². The van der Waals surface area contributed by atoms with Crippen LogP contribution in [0.2, 0.25) is 0 Å². The van der Waals surface area contributed by atoms with E-state index in [2.05, 4.69) is 31.9 Å². The van der Waals surface area contributed by atoms with Crippen LogP contribution >= 0.6 is 15.9 Å². The lowest BCUT2D eigenvalue weighted by atomic mass is 9.79. The maximum absolute atomic E-state index is 14.0. The predicted octanol–water partition coefficient (Wildman–Crippen LogP) is 5.46. The number of fused-ring (bicyclic) bond motifs is 1. The molecule has 10 nitrogen and oxygen atoms in total. The Kier molecular flexibility index (Phi) is 10.9. The number of rotatable bonds is 6. The third-order valence-electron chi connectivity index (χ3n) is 10.8. The lowest BCUT2D eigenvalue weighted by Gasteiger charge is -2.40. The summed E-state index contributed by atoms with van der Waals surface area (Å²) in [5.41, 5.74) is 6.48. The van der Waals surface area contributed by atoms with E-state index in [0.717, 1.165) is 62.5 Å². The van der Waals surface area contributed by atoms with Gasteiger partial charge in [-0.25, -0.2) is 9.59 Å². The van der Waals surface area contributed by atoms with Crippen LogP contribution in [-0.4, -0.2) is 90.6 Å². The van der Waals surface area contributed by atoms with Crippen LogP contribution < -0.4 is 21.7 Å². The Bertz CT molecular complexity index is 1520. The van der Waals surface area contributed by atoms with E-state index in [1.54, 1.807) is 9.80 Å². The number of likely N-dealkylation sites (tertiary alicyclic amines) is 2. The lowest BCUT2D eigenvalue weighted by Crippen LogP contribution is -2.57. The monoisotopic (exact) mass is 747 g/mol. The van der Waals surface area contributed by atoms with Crippen molar-refractivity contribution in [1.29, 1.82) is 0 Å². The van der Waals surface area contributed by atoms with Crippen molar-refractivity contribution < 1.29 is 27.6 Å². The Morgan fingerprint density at radius 2 is 1.59 bits per heavy atom. The molecule has 6 rings (SSSR count). The number of carbonyl (C=O) groups excluding carboxylic acids is 3. The molecule has 0 radical (unpaired) electrons. The summed E-state index contributed by atoms with van der Waals surface area (Å²) >= 11 is 3.15. The molecule has 3 fully saturated rings. The van der Waals surface area contributed by atoms with Crippen LogP contribution in [0.1, 0.15) is 55.2 Å². The molecule has 0 saturated carbocycles. The quantitative estimate of drug-likeness (QED) is 0.293. The van der Waals surface area contributed by atoms with Gasteiger partial charge < -0.3 is 36.4 Å². The number of amides is 5. The molecular formula is C35H45BrF3N7O3. The van der Waals surface area contributed by atoms with E-state index < -0.39 is 29.5 Å². The van der Waals surface area contributed by atoms with Crippen LogP contribution in [0.15, 0.2) is 40.9 Å². The minimum absolute atomic E-state index is 0.0510. The van der Waals surface area contributed by atoms with E-state index in [9.17, 15) is 27.6 Å². The molecule has 0 aromatic heterocycles. The number of urea groups is 2. The lowest BCUT2D eigenvalue weighted by molar-refractivity contribution is -0.137. The van der Waals surface area contributed by atoms with E-state index in [0.29, 0.717) is 57.4 Å². The average Bonchev–Trinajstić information content (AvgIpc) is 3.27. The zero-order chi connectivity index (χ0) is 34.7. The zero-order valence-electron chi connectivity index (χ0n) is 27.5. The summed E-state index contributed by atoms with van der Waals surface area (Å²) in [5.74, 6) is 0.859. The standard InChI is InChI=1S/C35H45BrF3N7O3/c36-28-20-22(19-27(31(28)40)35(37,38)39)21-30(32(47)44-14-7-24(8-15-44)23-5-12-41-13-6-23)43-33(48)45-16-10-26(11-17-45)46-18-9-25-3-1-2-4-29(25)42-34(46)49/h1-4,19-20,23-24,26,30,41H,5-18,21,40H2,(H,42,49)(H,43,48)/t30-/m1/s1. The fourth-order valence-electron chi connectivity index (χ4n) is 7.95. The third kappa shape index (κ3) is 8.28. The number of carbonyl (C=O) groups is 3. The first-order chi connectivity index (χ1) is 23.5. The number of piperidine rings is 3. The van der Waals surface area contributed by atoms with E-state index in [4.69, 9.17) is 5.73 Å². The fraction of sp³-hybridized carbons (Fsp3) is 0.571. The molecule has 0 bridgehead atoms. The van der Waals surface area contributed by atoms with Gasteiger partial charge in [0.2, 0.25) is 5.91 Å². The number of nitrogens with zero attached hydrogens (tertiary/aromatic N) is 3. The first-order valence-electron chi connectivity index (χ1n) is 17.3. The number of alkyl halides is 3. The number of para-hydroxylation sites is 1. The van der Waals surface area contributed by atoms with Crippen molar-refractivity contribution in [3.8, 4) is 0 Å². The molecule has 1 atom stereocenters. The second-order valence-corrected chi connectivity index (χ2v) is 14.6. The van der Waals surface area contributed by atoms with Gasteiger partial charge in [0.05, 0.1) is 11.3 Å². The maximum Gasteiger partial charge on any atom is 0.418 e. The molecule has 4 aliphatic heterocycles. The Morgan fingerprint density at radius 3 is 2.29 bits per heavy atom. The highest BCUT2D eigenvalue weighted by molar-refractivity contribution is 9.10. The highest BCUT2D eigenvalue weighted by Gasteiger charge is 2.37. The molecule has 5 N–H and O–H groups in total. The van der Waals surface area contributed by atoms with Gasteiger partial charge in [0.1, 0.15) is 6.04 Å². The summed E-state index contributed by atoms with van der Waals surface area (Å²) in [6.07, 6.45) is 1.04. The summed E-state index contributed by atoms with van der Waals surface area (Å²) in [6, 6.07) is 8.48. The largest absolute Gasteiger partial charge is 0.418 e. The summed E-state index contributed by atoms with van der Waals surface area (Å²) < 4.78 is 41.6. The number of hydrogen-bond acceptors (Lipinski definition) is 5. The Balaban J connectivity index is 1.12. The summed E-state index contributed by atoms with van der Waals surface area (Å²) in [4.78, 5) is 46.0. The maximum atomic E-state index is 14.0. The molecule has 4 aliphatic rings. The van der Waals surface area contributed by atoms with Crippen molar-refractivity contribution in [3.63, 3.8) is 0 Å². The van der Waals surface area contributed by atoms with Crippen molar-refractivity contribution in [1.82, 2.24) is 25.3 Å². The number of nitrogens with one attached hydrogen (secondary N) is 3. The van der Waals surface area contributed by atoms with Gasteiger partial charge in [-0.15, -0.1) is 0 Å². The molecule has 0 spiro atoms. The van der Waals surface area contributed by atoms with Crippen molar-refractivity contribution in [3.05, 3.63) is 57.6 Å². The van der Waals surface area contributed by atoms with Crippen molar-refractivity contribution in [2.75, 3.05) is 56.9 Å². The van der Waals surface area contributed by atoms with Gasteiger partial charge in [-0.1, -0.05) is 18.2 Å². The van der Waals surface area contributed by atoms with Crippen LogP contribution in [0.25, 0.3) is 0 Å². The van der Waals surface area contributed by atoms with Crippen LogP contribution in [0.5, 0.6) is 0 Å². The van der Waals surface area contributed by atoms with E-state index in [-0.39, 0.29) is 34.4 Å². The number of nitrogens with two attached hydrogens (primary N) is 1.